The van der Waals surface area contributed by atoms with Crippen LogP contribution >= 0.6 is 11.3 Å². The molecular formula is C22H21FN2O4S. The largest absolute Gasteiger partial charge is 0.486 e. The summed E-state index contributed by atoms with van der Waals surface area (Å²) in [5, 5.41) is 0.403. The summed E-state index contributed by atoms with van der Waals surface area (Å²) in [6.45, 7) is 0.862. The van der Waals surface area contributed by atoms with Gasteiger partial charge in [0.2, 0.25) is 0 Å². The zero-order valence-corrected chi connectivity index (χ0v) is 17.1. The van der Waals surface area contributed by atoms with Gasteiger partial charge >= 0.3 is 0 Å². The second-order valence-electron chi connectivity index (χ2n) is 8.24. The van der Waals surface area contributed by atoms with Gasteiger partial charge in [0.05, 0.1) is 27.4 Å². The Morgan fingerprint density at radius 1 is 1.17 bits per heavy atom. The summed E-state index contributed by atoms with van der Waals surface area (Å²) < 4.78 is 19.6. The number of likely N-dealkylation sites (tertiary alicyclic amines) is 1. The van der Waals surface area contributed by atoms with Gasteiger partial charge in [-0.3, -0.25) is 14.4 Å². The SMILES string of the molecule is Nc1sc2c(c1C(=O)N1CCC3(CC1)CC(=O)c1cc(F)ccc1O3)CCCC2=O. The minimum Gasteiger partial charge on any atom is -0.486 e. The lowest BCUT2D eigenvalue weighted by atomic mass is 9.82. The normalized spacial score (nSPS) is 20.0. The molecule has 0 radical (unpaired) electrons. The van der Waals surface area contributed by atoms with Gasteiger partial charge in [-0.2, -0.15) is 0 Å². The van der Waals surface area contributed by atoms with Crippen LogP contribution in [-0.2, 0) is 6.42 Å². The van der Waals surface area contributed by atoms with Crippen molar-refractivity contribution in [3.63, 3.8) is 0 Å². The van der Waals surface area contributed by atoms with E-state index in [2.05, 4.69) is 0 Å². The summed E-state index contributed by atoms with van der Waals surface area (Å²) in [7, 11) is 0. The number of fused-ring (bicyclic) bond motifs is 2. The van der Waals surface area contributed by atoms with E-state index in [1.165, 1.54) is 29.5 Å². The number of benzene rings is 1. The van der Waals surface area contributed by atoms with Crippen molar-refractivity contribution < 1.29 is 23.5 Å². The summed E-state index contributed by atoms with van der Waals surface area (Å²) in [5.41, 5.74) is 7.00. The van der Waals surface area contributed by atoms with Crippen LogP contribution in [0.1, 0.15) is 68.1 Å². The van der Waals surface area contributed by atoms with Crippen LogP contribution in [0.4, 0.5) is 9.39 Å². The second kappa shape index (κ2) is 6.91. The lowest BCUT2D eigenvalue weighted by Gasteiger charge is -2.44. The predicted molar refractivity (Wildman–Crippen MR) is 110 cm³/mol. The quantitative estimate of drug-likeness (QED) is 0.749. The van der Waals surface area contributed by atoms with Crippen LogP contribution in [0.25, 0.3) is 0 Å². The van der Waals surface area contributed by atoms with E-state index in [4.69, 9.17) is 10.5 Å². The average molecular weight is 428 g/mol. The van der Waals surface area contributed by atoms with Gasteiger partial charge in [-0.25, -0.2) is 4.39 Å². The van der Waals surface area contributed by atoms with Crippen molar-refractivity contribution in [2.24, 2.45) is 0 Å². The van der Waals surface area contributed by atoms with Crippen molar-refractivity contribution in [1.29, 1.82) is 0 Å². The van der Waals surface area contributed by atoms with Gasteiger partial charge < -0.3 is 15.4 Å². The first kappa shape index (κ1) is 19.2. The first-order chi connectivity index (χ1) is 14.4. The molecule has 156 valence electrons. The minimum atomic E-state index is -0.672. The maximum absolute atomic E-state index is 13.5. The standard InChI is InChI=1S/C22H21FN2O4S/c23-12-4-5-17-14(10-12)16(27)11-22(29-17)6-8-25(9-7-22)21(28)18-13-2-1-3-15(26)19(13)30-20(18)24/h4-5,10H,1-3,6-9,11,24H2. The van der Waals surface area contributed by atoms with Crippen molar-refractivity contribution in [3.05, 3.63) is 45.6 Å². The van der Waals surface area contributed by atoms with Crippen LogP contribution in [0.15, 0.2) is 18.2 Å². The molecule has 1 fully saturated rings. The molecular weight excluding hydrogens is 407 g/mol. The third-order valence-corrected chi connectivity index (χ3v) is 7.45. The number of ether oxygens (including phenoxy) is 1. The number of halogens is 1. The molecule has 1 spiro atoms. The third-order valence-electron chi connectivity index (χ3n) is 6.35. The molecule has 6 nitrogen and oxygen atoms in total. The molecule has 3 heterocycles. The van der Waals surface area contributed by atoms with Crippen molar-refractivity contribution in [3.8, 4) is 5.75 Å². The number of nitrogens with zero attached hydrogens (tertiary/aromatic N) is 1. The van der Waals surface area contributed by atoms with Gasteiger partial charge in [-0.1, -0.05) is 0 Å². The van der Waals surface area contributed by atoms with E-state index < -0.39 is 11.4 Å². The molecule has 1 aromatic heterocycles. The van der Waals surface area contributed by atoms with Gasteiger partial charge in [0.1, 0.15) is 17.2 Å². The molecule has 2 aliphatic heterocycles. The van der Waals surface area contributed by atoms with Crippen LogP contribution in [0.2, 0.25) is 0 Å². The van der Waals surface area contributed by atoms with Gasteiger partial charge in [0, 0.05) is 32.4 Å². The first-order valence-corrected chi connectivity index (χ1v) is 10.9. The zero-order chi connectivity index (χ0) is 21.0. The number of piperidine rings is 1. The molecule has 2 N–H and O–H groups in total. The van der Waals surface area contributed by atoms with Crippen LogP contribution in [0.3, 0.4) is 0 Å². The summed E-state index contributed by atoms with van der Waals surface area (Å²) in [4.78, 5) is 40.3. The Labute approximate surface area is 176 Å². The Morgan fingerprint density at radius 2 is 1.93 bits per heavy atom. The molecule has 3 aliphatic rings. The molecule has 0 saturated carbocycles. The van der Waals surface area contributed by atoms with Crippen molar-refractivity contribution in [2.75, 3.05) is 18.8 Å². The Hall–Kier alpha value is -2.74. The zero-order valence-electron chi connectivity index (χ0n) is 16.3. The molecule has 0 unspecified atom stereocenters. The number of hydrogen-bond donors (Lipinski definition) is 1. The fourth-order valence-electron chi connectivity index (χ4n) is 4.74. The summed E-state index contributed by atoms with van der Waals surface area (Å²) in [6, 6.07) is 4.00. The van der Waals surface area contributed by atoms with Gasteiger partial charge in [-0.15, -0.1) is 11.3 Å². The highest BCUT2D eigenvalue weighted by Gasteiger charge is 2.44. The molecule has 30 heavy (non-hydrogen) atoms. The number of thiophene rings is 1. The Morgan fingerprint density at radius 3 is 2.70 bits per heavy atom. The fourth-order valence-corrected chi connectivity index (χ4v) is 5.82. The number of nitrogen functional groups attached to an aromatic ring is 1. The monoisotopic (exact) mass is 428 g/mol. The van der Waals surface area contributed by atoms with E-state index in [-0.39, 0.29) is 29.5 Å². The number of rotatable bonds is 1. The van der Waals surface area contributed by atoms with Crippen molar-refractivity contribution in [1.82, 2.24) is 4.90 Å². The van der Waals surface area contributed by atoms with E-state index in [1.54, 1.807) is 4.90 Å². The lowest BCUT2D eigenvalue weighted by Crippen LogP contribution is -2.52. The topological polar surface area (TPSA) is 89.7 Å². The predicted octanol–water partition coefficient (Wildman–Crippen LogP) is 3.63. The summed E-state index contributed by atoms with van der Waals surface area (Å²) in [5.74, 6) is -0.280. The molecule has 1 amide bonds. The smallest absolute Gasteiger partial charge is 0.257 e. The number of Topliss-reactive ketones (excluding diaryl/α,β-unsaturated/α-hetero) is 2. The van der Waals surface area contributed by atoms with E-state index >= 15 is 0 Å². The summed E-state index contributed by atoms with van der Waals surface area (Å²) >= 11 is 1.21. The second-order valence-corrected chi connectivity index (χ2v) is 9.30. The molecule has 1 saturated heterocycles. The van der Waals surface area contributed by atoms with E-state index in [0.29, 0.717) is 60.0 Å². The molecule has 8 heteroatoms. The molecule has 1 aromatic carbocycles. The van der Waals surface area contributed by atoms with E-state index in [9.17, 15) is 18.8 Å². The van der Waals surface area contributed by atoms with Crippen LogP contribution in [-0.4, -0.2) is 41.1 Å². The van der Waals surface area contributed by atoms with Crippen molar-refractivity contribution in [2.45, 2.75) is 44.1 Å². The minimum absolute atomic E-state index is 0.0637. The number of amides is 1. The number of anilines is 1. The van der Waals surface area contributed by atoms with Crippen LogP contribution in [0.5, 0.6) is 5.75 Å². The van der Waals surface area contributed by atoms with E-state index in [1.807, 2.05) is 0 Å². The highest BCUT2D eigenvalue weighted by Crippen LogP contribution is 2.41. The Balaban J connectivity index is 1.35. The number of nitrogens with two attached hydrogens (primary N) is 1. The number of ketones is 2. The lowest BCUT2D eigenvalue weighted by molar-refractivity contribution is -0.00578. The van der Waals surface area contributed by atoms with E-state index in [0.717, 1.165) is 12.0 Å². The number of carbonyl (C=O) groups excluding carboxylic acids is 3. The molecule has 5 rings (SSSR count). The molecule has 0 atom stereocenters. The average Bonchev–Trinajstić information content (AvgIpc) is 3.06. The number of carbonyl (C=O) groups is 3. The molecule has 0 bridgehead atoms. The Bertz CT molecular complexity index is 1090. The highest BCUT2D eigenvalue weighted by molar-refractivity contribution is 7.18. The van der Waals surface area contributed by atoms with Crippen LogP contribution < -0.4 is 10.5 Å². The van der Waals surface area contributed by atoms with Gasteiger partial charge in [-0.05, 0) is 36.6 Å². The Kier molecular flexibility index (Phi) is 4.43. The molecule has 1 aliphatic carbocycles. The highest BCUT2D eigenvalue weighted by atomic mass is 32.1. The first-order valence-electron chi connectivity index (χ1n) is 10.1. The maximum Gasteiger partial charge on any atom is 0.257 e. The van der Waals surface area contributed by atoms with Gasteiger partial charge in [0.15, 0.2) is 11.6 Å². The van der Waals surface area contributed by atoms with Gasteiger partial charge in [0.25, 0.3) is 5.91 Å². The van der Waals surface area contributed by atoms with Crippen molar-refractivity contribution >= 4 is 33.8 Å². The molecule has 2 aromatic rings. The van der Waals surface area contributed by atoms with Crippen LogP contribution in [0, 0.1) is 5.82 Å². The summed E-state index contributed by atoms with van der Waals surface area (Å²) in [6.07, 6.45) is 3.12. The third kappa shape index (κ3) is 3.01. The fraction of sp³-hybridized carbons (Fsp3) is 0.409. The number of hydrogen-bond acceptors (Lipinski definition) is 6. The maximum atomic E-state index is 13.5.